The summed E-state index contributed by atoms with van der Waals surface area (Å²) < 4.78 is 0. The first-order valence-electron chi connectivity index (χ1n) is 8.57. The van der Waals surface area contributed by atoms with Crippen LogP contribution in [-0.4, -0.2) is 13.6 Å². The molecular formula is C19H31N. The first-order chi connectivity index (χ1) is 9.87. The lowest BCUT2D eigenvalue weighted by molar-refractivity contribution is 0.382. The lowest BCUT2D eigenvalue weighted by atomic mass is 9.75. The van der Waals surface area contributed by atoms with Gasteiger partial charge in [-0.25, -0.2) is 0 Å². The smallest absolute Gasteiger partial charge is 0.00470 e. The number of hydrogen-bond donors (Lipinski definition) is 1. The summed E-state index contributed by atoms with van der Waals surface area (Å²) in [5.41, 5.74) is 2.12. The molecule has 0 unspecified atom stereocenters. The molecule has 2 rings (SSSR count). The van der Waals surface area contributed by atoms with Crippen molar-refractivity contribution in [2.75, 3.05) is 13.6 Å². The van der Waals surface area contributed by atoms with Gasteiger partial charge in [0.25, 0.3) is 0 Å². The summed E-state index contributed by atoms with van der Waals surface area (Å²) in [5, 5.41) is 3.23. The molecule has 0 heterocycles. The maximum Gasteiger partial charge on any atom is -0.00470 e. The van der Waals surface area contributed by atoms with Gasteiger partial charge >= 0.3 is 0 Å². The minimum Gasteiger partial charge on any atom is -0.320 e. The molecular weight excluding hydrogens is 242 g/mol. The summed E-state index contributed by atoms with van der Waals surface area (Å²) in [4.78, 5) is 0. The zero-order valence-electron chi connectivity index (χ0n) is 13.2. The van der Waals surface area contributed by atoms with Gasteiger partial charge in [0.15, 0.2) is 0 Å². The normalized spacial score (nSPS) is 17.4. The first kappa shape index (κ1) is 15.6. The lowest BCUT2D eigenvalue weighted by Gasteiger charge is -2.30. The Labute approximate surface area is 125 Å². The van der Waals surface area contributed by atoms with E-state index in [0.717, 1.165) is 0 Å². The van der Waals surface area contributed by atoms with Crippen molar-refractivity contribution in [1.82, 2.24) is 5.32 Å². The molecule has 1 saturated carbocycles. The highest BCUT2D eigenvalue weighted by molar-refractivity contribution is 5.26. The molecule has 0 spiro atoms. The van der Waals surface area contributed by atoms with Crippen LogP contribution in [-0.2, 0) is 5.41 Å². The lowest BCUT2D eigenvalue weighted by Crippen LogP contribution is -2.21. The molecule has 1 N–H and O–H groups in total. The number of hydrogen-bond acceptors (Lipinski definition) is 1. The fourth-order valence-corrected chi connectivity index (χ4v) is 3.82. The third-order valence-electron chi connectivity index (χ3n) is 5.03. The fraction of sp³-hybridized carbons (Fsp3) is 0.684. The van der Waals surface area contributed by atoms with E-state index < -0.39 is 0 Å². The summed E-state index contributed by atoms with van der Waals surface area (Å²) in [7, 11) is 2.05. The largest absolute Gasteiger partial charge is 0.320 e. The van der Waals surface area contributed by atoms with Crippen LogP contribution in [0.15, 0.2) is 30.3 Å². The molecule has 1 heteroatoms. The number of rotatable bonds is 9. The van der Waals surface area contributed by atoms with Crippen LogP contribution in [0.25, 0.3) is 0 Å². The van der Waals surface area contributed by atoms with Gasteiger partial charge in [-0.2, -0.15) is 0 Å². The molecule has 20 heavy (non-hydrogen) atoms. The summed E-state index contributed by atoms with van der Waals surface area (Å²) in [5.74, 6) is 0. The molecule has 1 aliphatic rings. The second-order valence-corrected chi connectivity index (χ2v) is 6.47. The Balaban J connectivity index is 1.76. The summed E-state index contributed by atoms with van der Waals surface area (Å²) >= 11 is 0. The van der Waals surface area contributed by atoms with E-state index >= 15 is 0 Å². The maximum absolute atomic E-state index is 3.23. The Morgan fingerprint density at radius 3 is 2.25 bits per heavy atom. The molecule has 0 aliphatic heterocycles. The van der Waals surface area contributed by atoms with Gasteiger partial charge in [-0.15, -0.1) is 0 Å². The molecule has 1 aliphatic carbocycles. The third-order valence-corrected chi connectivity index (χ3v) is 5.03. The Morgan fingerprint density at radius 2 is 1.55 bits per heavy atom. The van der Waals surface area contributed by atoms with E-state index in [2.05, 4.69) is 35.6 Å². The van der Waals surface area contributed by atoms with Crippen LogP contribution >= 0.6 is 0 Å². The number of unbranched alkanes of at least 4 members (excludes halogenated alkanes) is 4. The van der Waals surface area contributed by atoms with E-state index in [1.54, 1.807) is 5.56 Å². The molecule has 1 aromatic carbocycles. The minimum atomic E-state index is 0.520. The monoisotopic (exact) mass is 273 g/mol. The van der Waals surface area contributed by atoms with E-state index in [-0.39, 0.29) is 0 Å². The minimum absolute atomic E-state index is 0.520. The average molecular weight is 273 g/mol. The zero-order chi connectivity index (χ0) is 14.1. The zero-order valence-corrected chi connectivity index (χ0v) is 13.2. The van der Waals surface area contributed by atoms with Crippen molar-refractivity contribution < 1.29 is 0 Å². The molecule has 0 saturated heterocycles. The third kappa shape index (κ3) is 4.34. The highest BCUT2D eigenvalue weighted by atomic mass is 14.8. The van der Waals surface area contributed by atoms with Crippen molar-refractivity contribution in [1.29, 1.82) is 0 Å². The fourth-order valence-electron chi connectivity index (χ4n) is 3.82. The number of benzene rings is 1. The van der Waals surface area contributed by atoms with Gasteiger partial charge in [-0.3, -0.25) is 0 Å². The Hall–Kier alpha value is -0.820. The van der Waals surface area contributed by atoms with Crippen LogP contribution in [0.3, 0.4) is 0 Å². The van der Waals surface area contributed by atoms with Crippen molar-refractivity contribution >= 4 is 0 Å². The van der Waals surface area contributed by atoms with Gasteiger partial charge in [-0.05, 0) is 50.3 Å². The van der Waals surface area contributed by atoms with E-state index in [1.165, 1.54) is 70.8 Å². The SMILES string of the molecule is CNCCCCCCCC1(c2ccccc2)CCCC1. The van der Waals surface area contributed by atoms with Crippen molar-refractivity contribution in [2.24, 2.45) is 0 Å². The van der Waals surface area contributed by atoms with Gasteiger partial charge in [0.1, 0.15) is 0 Å². The van der Waals surface area contributed by atoms with Crippen molar-refractivity contribution in [2.45, 2.75) is 69.6 Å². The van der Waals surface area contributed by atoms with Crippen LogP contribution in [0.5, 0.6) is 0 Å². The molecule has 0 aromatic heterocycles. The van der Waals surface area contributed by atoms with Crippen molar-refractivity contribution in [3.05, 3.63) is 35.9 Å². The Morgan fingerprint density at radius 1 is 0.900 bits per heavy atom. The quantitative estimate of drug-likeness (QED) is 0.620. The highest BCUT2D eigenvalue weighted by Crippen LogP contribution is 2.44. The van der Waals surface area contributed by atoms with Crippen LogP contribution in [0, 0.1) is 0 Å². The predicted molar refractivity (Wildman–Crippen MR) is 88.2 cm³/mol. The molecule has 0 radical (unpaired) electrons. The Bertz CT molecular complexity index is 351. The molecule has 112 valence electrons. The first-order valence-corrected chi connectivity index (χ1v) is 8.57. The van der Waals surface area contributed by atoms with E-state index in [0.29, 0.717) is 5.41 Å². The van der Waals surface area contributed by atoms with Crippen molar-refractivity contribution in [3.8, 4) is 0 Å². The second-order valence-electron chi connectivity index (χ2n) is 6.47. The van der Waals surface area contributed by atoms with Gasteiger partial charge < -0.3 is 5.32 Å². The molecule has 1 fully saturated rings. The molecule has 0 atom stereocenters. The van der Waals surface area contributed by atoms with Crippen LogP contribution in [0.1, 0.15) is 69.8 Å². The van der Waals surface area contributed by atoms with Crippen LogP contribution in [0.4, 0.5) is 0 Å². The van der Waals surface area contributed by atoms with Gasteiger partial charge in [0.2, 0.25) is 0 Å². The molecule has 1 aromatic rings. The van der Waals surface area contributed by atoms with Crippen molar-refractivity contribution in [3.63, 3.8) is 0 Å². The maximum atomic E-state index is 3.23. The number of nitrogens with one attached hydrogen (secondary N) is 1. The molecule has 1 nitrogen and oxygen atoms in total. The van der Waals surface area contributed by atoms with Gasteiger partial charge in [-0.1, -0.05) is 68.9 Å². The van der Waals surface area contributed by atoms with E-state index in [4.69, 9.17) is 0 Å². The van der Waals surface area contributed by atoms with Gasteiger partial charge in [0, 0.05) is 0 Å². The Kier molecular flexibility index (Phi) is 6.59. The summed E-state index contributed by atoms with van der Waals surface area (Å²) in [6.45, 7) is 1.17. The van der Waals surface area contributed by atoms with Gasteiger partial charge in [0.05, 0.1) is 0 Å². The highest BCUT2D eigenvalue weighted by Gasteiger charge is 2.34. The van der Waals surface area contributed by atoms with E-state index in [1.807, 2.05) is 7.05 Å². The molecule has 0 amide bonds. The standard InChI is InChI=1S/C19H31N/c1-20-17-11-4-2-3-8-14-19(15-9-10-16-19)18-12-6-5-7-13-18/h5-7,12-13,20H,2-4,8-11,14-17H2,1H3. The van der Waals surface area contributed by atoms with Crippen LogP contribution in [0.2, 0.25) is 0 Å². The predicted octanol–water partition coefficient (Wildman–Crippen LogP) is 5.06. The average Bonchev–Trinajstić information content (AvgIpc) is 2.97. The summed E-state index contributed by atoms with van der Waals surface area (Å²) in [6, 6.07) is 11.3. The topological polar surface area (TPSA) is 12.0 Å². The van der Waals surface area contributed by atoms with E-state index in [9.17, 15) is 0 Å². The summed E-state index contributed by atoms with van der Waals surface area (Å²) in [6.07, 6.45) is 14.0. The van der Waals surface area contributed by atoms with Crippen LogP contribution < -0.4 is 5.32 Å². The second kappa shape index (κ2) is 8.46. The molecule has 0 bridgehead atoms.